The van der Waals surface area contributed by atoms with Gasteiger partial charge in [0.15, 0.2) is 17.1 Å². The number of para-hydroxylation sites is 2. The van der Waals surface area contributed by atoms with Gasteiger partial charge in [-0.05, 0) is 70.3 Å². The molecule has 3 heterocycles. The van der Waals surface area contributed by atoms with E-state index in [-0.39, 0.29) is 0 Å². The van der Waals surface area contributed by atoms with E-state index in [2.05, 4.69) is 120 Å². The summed E-state index contributed by atoms with van der Waals surface area (Å²) in [7, 11) is 0. The van der Waals surface area contributed by atoms with Crippen LogP contribution in [0, 0.1) is 6.57 Å². The molecule has 0 radical (unpaired) electrons. The Morgan fingerprint density at radius 1 is 0.423 bits per heavy atom. The number of hydrogen-bond donors (Lipinski definition) is 0. The van der Waals surface area contributed by atoms with E-state index in [9.17, 15) is 0 Å². The number of aromatic nitrogens is 2. The van der Waals surface area contributed by atoms with E-state index >= 15 is 0 Å². The van der Waals surface area contributed by atoms with E-state index in [0.29, 0.717) is 17.1 Å². The van der Waals surface area contributed by atoms with Crippen LogP contribution >= 0.6 is 0 Å². The van der Waals surface area contributed by atoms with Crippen LogP contribution in [-0.2, 0) is 0 Å². The Bertz CT molecular complexity index is 3040. The molecule has 0 aliphatic rings. The molecule has 0 saturated carbocycles. The number of furan rings is 2. The zero-order valence-electron chi connectivity index (χ0n) is 27.7. The first kappa shape index (κ1) is 29.6. The number of rotatable bonds is 5. The van der Waals surface area contributed by atoms with E-state index in [1.165, 1.54) is 0 Å². The van der Waals surface area contributed by atoms with Crippen LogP contribution in [0.5, 0.6) is 0 Å². The lowest BCUT2D eigenvalue weighted by Gasteiger charge is -2.10. The maximum atomic E-state index is 7.46. The minimum absolute atomic E-state index is 0.597. The largest absolute Gasteiger partial charge is 0.456 e. The third-order valence-corrected chi connectivity index (χ3v) is 9.70. The molecule has 0 bridgehead atoms. The third-order valence-electron chi connectivity index (χ3n) is 9.70. The SMILES string of the molecule is [C-]#[N+]c1ccc2oc3c(-c4cccc(-c5cccc(-c6nc(-c7cccc(-c8ccccc8)c7)c7oc8ccccc8c7n6)c5)c4)cccc3c2c1. The highest BCUT2D eigenvalue weighted by Crippen LogP contribution is 2.40. The fourth-order valence-corrected chi connectivity index (χ4v) is 7.18. The molecule has 0 aliphatic heterocycles. The lowest BCUT2D eigenvalue weighted by molar-refractivity contribution is 0.667. The fourth-order valence-electron chi connectivity index (χ4n) is 7.18. The van der Waals surface area contributed by atoms with Gasteiger partial charge in [-0.2, -0.15) is 0 Å². The van der Waals surface area contributed by atoms with Crippen LogP contribution in [0.1, 0.15) is 0 Å². The highest BCUT2D eigenvalue weighted by molar-refractivity contribution is 6.11. The summed E-state index contributed by atoms with van der Waals surface area (Å²) in [4.78, 5) is 14.0. The molecular formula is C47H27N3O2. The van der Waals surface area contributed by atoms with Gasteiger partial charge in [0.25, 0.3) is 0 Å². The number of nitrogens with zero attached hydrogens (tertiary/aromatic N) is 3. The molecule has 0 amide bonds. The molecule has 0 unspecified atom stereocenters. The topological polar surface area (TPSA) is 56.4 Å². The first-order chi connectivity index (χ1) is 25.7. The summed E-state index contributed by atoms with van der Waals surface area (Å²) in [6.07, 6.45) is 0. The van der Waals surface area contributed by atoms with Crippen molar-refractivity contribution in [2.75, 3.05) is 0 Å². The zero-order chi connectivity index (χ0) is 34.6. The molecule has 10 aromatic rings. The van der Waals surface area contributed by atoms with Crippen molar-refractivity contribution in [3.8, 4) is 56.0 Å². The van der Waals surface area contributed by atoms with E-state index in [4.69, 9.17) is 25.4 Å². The maximum Gasteiger partial charge on any atom is 0.188 e. The van der Waals surface area contributed by atoms with Crippen LogP contribution in [0.3, 0.4) is 0 Å². The van der Waals surface area contributed by atoms with Gasteiger partial charge in [-0.1, -0.05) is 121 Å². The minimum Gasteiger partial charge on any atom is -0.456 e. The summed E-state index contributed by atoms with van der Waals surface area (Å²) >= 11 is 0. The summed E-state index contributed by atoms with van der Waals surface area (Å²) in [6.45, 7) is 7.46. The van der Waals surface area contributed by atoms with Crippen molar-refractivity contribution in [1.29, 1.82) is 0 Å². The van der Waals surface area contributed by atoms with E-state index in [1.807, 2.05) is 42.5 Å². The predicted octanol–water partition coefficient (Wildman–Crippen LogP) is 13.2. The van der Waals surface area contributed by atoms with Crippen molar-refractivity contribution in [2.45, 2.75) is 0 Å². The molecule has 5 heteroatoms. The smallest absolute Gasteiger partial charge is 0.188 e. The van der Waals surface area contributed by atoms with Crippen LogP contribution in [0.15, 0.2) is 173 Å². The van der Waals surface area contributed by atoms with Gasteiger partial charge >= 0.3 is 0 Å². The summed E-state index contributed by atoms with van der Waals surface area (Å²) in [5.74, 6) is 0.628. The summed E-state index contributed by atoms with van der Waals surface area (Å²) in [5.41, 5.74) is 13.4. The van der Waals surface area contributed by atoms with E-state index in [0.717, 1.165) is 88.6 Å². The first-order valence-corrected chi connectivity index (χ1v) is 17.1. The average molecular weight is 666 g/mol. The van der Waals surface area contributed by atoms with Gasteiger partial charge in [-0.25, -0.2) is 14.8 Å². The Morgan fingerprint density at radius 2 is 1.02 bits per heavy atom. The molecular weight excluding hydrogens is 639 g/mol. The predicted molar refractivity (Wildman–Crippen MR) is 210 cm³/mol. The van der Waals surface area contributed by atoms with E-state index < -0.39 is 0 Å². The van der Waals surface area contributed by atoms with Gasteiger partial charge in [0.2, 0.25) is 0 Å². The molecule has 3 aromatic heterocycles. The number of fused-ring (bicyclic) bond motifs is 6. The van der Waals surface area contributed by atoms with Gasteiger partial charge in [0.1, 0.15) is 28.0 Å². The second kappa shape index (κ2) is 11.9. The van der Waals surface area contributed by atoms with Gasteiger partial charge in [-0.15, -0.1) is 0 Å². The van der Waals surface area contributed by atoms with Crippen molar-refractivity contribution in [3.05, 3.63) is 175 Å². The highest BCUT2D eigenvalue weighted by Gasteiger charge is 2.19. The molecule has 7 aromatic carbocycles. The molecule has 0 saturated heterocycles. The van der Waals surface area contributed by atoms with Gasteiger partial charge in [-0.3, -0.25) is 0 Å². The van der Waals surface area contributed by atoms with Crippen LogP contribution in [-0.4, -0.2) is 9.97 Å². The van der Waals surface area contributed by atoms with E-state index in [1.54, 1.807) is 6.07 Å². The Labute approximate surface area is 298 Å². The molecule has 10 rings (SSSR count). The fraction of sp³-hybridized carbons (Fsp3) is 0. The lowest BCUT2D eigenvalue weighted by Crippen LogP contribution is -1.94. The number of hydrogen-bond acceptors (Lipinski definition) is 4. The summed E-state index contributed by atoms with van der Waals surface area (Å²) in [6, 6.07) is 55.5. The Kier molecular flexibility index (Phi) is 6.80. The van der Waals surface area contributed by atoms with Crippen molar-refractivity contribution in [1.82, 2.24) is 9.97 Å². The van der Waals surface area contributed by atoms with Crippen LogP contribution in [0.2, 0.25) is 0 Å². The Morgan fingerprint density at radius 3 is 1.85 bits per heavy atom. The van der Waals surface area contributed by atoms with Gasteiger partial charge in [0, 0.05) is 32.8 Å². The zero-order valence-corrected chi connectivity index (χ0v) is 27.7. The molecule has 0 atom stereocenters. The minimum atomic E-state index is 0.597. The van der Waals surface area contributed by atoms with Gasteiger partial charge < -0.3 is 8.83 Å². The highest BCUT2D eigenvalue weighted by atomic mass is 16.3. The average Bonchev–Trinajstić information content (AvgIpc) is 3.79. The molecule has 5 nitrogen and oxygen atoms in total. The molecule has 242 valence electrons. The molecule has 0 fully saturated rings. The quantitative estimate of drug-likeness (QED) is 0.172. The van der Waals surface area contributed by atoms with Crippen molar-refractivity contribution >= 4 is 49.7 Å². The van der Waals surface area contributed by atoms with Crippen LogP contribution in [0.25, 0.3) is 105 Å². The Balaban J connectivity index is 1.09. The molecule has 0 aliphatic carbocycles. The monoisotopic (exact) mass is 665 g/mol. The molecule has 52 heavy (non-hydrogen) atoms. The van der Waals surface area contributed by atoms with Crippen molar-refractivity contribution < 1.29 is 8.83 Å². The first-order valence-electron chi connectivity index (χ1n) is 17.1. The lowest BCUT2D eigenvalue weighted by atomic mass is 9.96. The van der Waals surface area contributed by atoms with Crippen molar-refractivity contribution in [3.63, 3.8) is 0 Å². The summed E-state index contributed by atoms with van der Waals surface area (Å²) < 4.78 is 12.8. The normalized spacial score (nSPS) is 11.4. The Hall–Kier alpha value is -7.29. The summed E-state index contributed by atoms with van der Waals surface area (Å²) in [5, 5.41) is 2.90. The van der Waals surface area contributed by atoms with Crippen LogP contribution < -0.4 is 0 Å². The number of benzene rings is 7. The van der Waals surface area contributed by atoms with Crippen molar-refractivity contribution in [2.24, 2.45) is 0 Å². The second-order valence-corrected chi connectivity index (χ2v) is 12.9. The molecule has 0 spiro atoms. The van der Waals surface area contributed by atoms with Gasteiger partial charge in [0.05, 0.1) is 6.57 Å². The standard InChI is InChI=1S/C47H27N3O2/c1-48-36-23-24-42-40(28-36)38-21-10-20-37(45(38)51-42)33-16-7-14-31(25-33)32-15-9-18-35(27-32)47-49-43(46-44(50-47)39-19-5-6-22-41(39)52-46)34-17-8-13-30(26-34)29-11-3-2-4-12-29/h2-28H. The van der Waals surface area contributed by atoms with Crippen LogP contribution in [0.4, 0.5) is 5.69 Å². The maximum absolute atomic E-state index is 7.46. The molecule has 0 N–H and O–H groups in total. The third kappa shape index (κ3) is 4.93. The second-order valence-electron chi connectivity index (χ2n) is 12.9.